The van der Waals surface area contributed by atoms with Crippen LogP contribution in [0.2, 0.25) is 0 Å². The Morgan fingerprint density at radius 1 is 0.941 bits per heavy atom. The Morgan fingerprint density at radius 2 is 1.35 bits per heavy atom. The first-order valence-electron chi connectivity index (χ1n) is 5.70. The summed E-state index contributed by atoms with van der Waals surface area (Å²) in [6.07, 6.45) is -4.39. The van der Waals surface area contributed by atoms with Crippen molar-refractivity contribution in [1.29, 1.82) is 0 Å². The van der Waals surface area contributed by atoms with Gasteiger partial charge in [-0.15, -0.1) is 0 Å². The van der Waals surface area contributed by atoms with Gasteiger partial charge in [-0.2, -0.15) is 13.2 Å². The van der Waals surface area contributed by atoms with E-state index in [1.807, 2.05) is 27.7 Å². The number of rotatable bonds is 0. The average molecular weight is 250 g/mol. The largest absolute Gasteiger partial charge is 0.508 e. The van der Waals surface area contributed by atoms with E-state index in [9.17, 15) is 13.2 Å². The highest BCUT2D eigenvalue weighted by molar-refractivity contribution is 5.42. The van der Waals surface area contributed by atoms with E-state index in [-0.39, 0.29) is 5.75 Å². The Morgan fingerprint density at radius 3 is 1.65 bits per heavy atom. The quantitative estimate of drug-likeness (QED) is 0.680. The van der Waals surface area contributed by atoms with E-state index < -0.39 is 11.7 Å². The van der Waals surface area contributed by atoms with E-state index in [0.717, 1.165) is 12.1 Å². The molecule has 0 aliphatic heterocycles. The van der Waals surface area contributed by atoms with E-state index in [0.29, 0.717) is 11.1 Å². The molecule has 0 fully saturated rings. The predicted molar refractivity (Wildman–Crippen MR) is 65.3 cm³/mol. The average Bonchev–Trinajstić information content (AvgIpc) is 2.29. The molecule has 1 aromatic carbocycles. The predicted octanol–water partition coefficient (Wildman–Crippen LogP) is 5.08. The lowest BCUT2D eigenvalue weighted by molar-refractivity contribution is -0.137. The number of aromatic hydroxyl groups is 1. The van der Waals surface area contributed by atoms with Crippen LogP contribution >= 0.6 is 0 Å². The van der Waals surface area contributed by atoms with Crippen LogP contribution in [0.1, 0.15) is 44.4 Å². The second-order valence-electron chi connectivity index (χ2n) is 2.94. The maximum Gasteiger partial charge on any atom is 0.416 e. The topological polar surface area (TPSA) is 20.2 Å². The highest BCUT2D eigenvalue weighted by Gasteiger charge is 2.31. The Bertz CT molecular complexity index is 307. The van der Waals surface area contributed by atoms with Crippen LogP contribution in [0.25, 0.3) is 0 Å². The molecule has 0 unspecified atom stereocenters. The number of benzene rings is 1. The summed E-state index contributed by atoms with van der Waals surface area (Å²) in [5, 5.41) is 9.14. The van der Waals surface area contributed by atoms with Crippen LogP contribution in [0.5, 0.6) is 5.75 Å². The van der Waals surface area contributed by atoms with Crippen molar-refractivity contribution in [3.8, 4) is 5.75 Å². The van der Waals surface area contributed by atoms with Gasteiger partial charge in [-0.1, -0.05) is 27.7 Å². The number of phenolic OH excluding ortho intramolecular Hbond substituents is 1. The van der Waals surface area contributed by atoms with Gasteiger partial charge in [0.05, 0.1) is 5.56 Å². The summed E-state index contributed by atoms with van der Waals surface area (Å²) < 4.78 is 36.5. The first-order valence-corrected chi connectivity index (χ1v) is 5.70. The zero-order valence-electron chi connectivity index (χ0n) is 11.2. The van der Waals surface area contributed by atoms with E-state index in [1.165, 1.54) is 6.92 Å². The molecule has 0 aliphatic carbocycles. The van der Waals surface area contributed by atoms with Gasteiger partial charge in [0.1, 0.15) is 5.75 Å². The Kier molecular flexibility index (Phi) is 8.54. The molecule has 0 bridgehead atoms. The molecule has 0 saturated carbocycles. The SMILES string of the molecule is CC.CC.Cc1cc(C(F)(F)F)cc(O)c1C. The van der Waals surface area contributed by atoms with Crippen LogP contribution in [-0.4, -0.2) is 5.11 Å². The molecule has 1 N–H and O–H groups in total. The number of aryl methyl sites for hydroxylation is 1. The number of hydrogen-bond acceptors (Lipinski definition) is 1. The van der Waals surface area contributed by atoms with Gasteiger partial charge < -0.3 is 5.11 Å². The fraction of sp³-hybridized carbons (Fsp3) is 0.538. The maximum atomic E-state index is 12.2. The third-order valence-electron chi connectivity index (χ3n) is 1.97. The van der Waals surface area contributed by atoms with Crippen molar-refractivity contribution < 1.29 is 18.3 Å². The van der Waals surface area contributed by atoms with Crippen LogP contribution in [-0.2, 0) is 6.18 Å². The van der Waals surface area contributed by atoms with Crippen LogP contribution in [0.4, 0.5) is 13.2 Å². The van der Waals surface area contributed by atoms with E-state index in [1.54, 1.807) is 6.92 Å². The minimum Gasteiger partial charge on any atom is -0.508 e. The molecule has 0 atom stereocenters. The lowest BCUT2D eigenvalue weighted by Gasteiger charge is -2.10. The fourth-order valence-corrected chi connectivity index (χ4v) is 1.00. The Hall–Kier alpha value is -1.19. The van der Waals surface area contributed by atoms with Crippen LogP contribution in [0.15, 0.2) is 12.1 Å². The first kappa shape index (κ1) is 18.2. The summed E-state index contributed by atoms with van der Waals surface area (Å²) in [5.74, 6) is -0.313. The highest BCUT2D eigenvalue weighted by atomic mass is 19.4. The third kappa shape index (κ3) is 5.61. The summed E-state index contributed by atoms with van der Waals surface area (Å²) in [5.41, 5.74) is 0.105. The summed E-state index contributed by atoms with van der Waals surface area (Å²) in [7, 11) is 0. The van der Waals surface area contributed by atoms with Crippen LogP contribution in [0, 0.1) is 13.8 Å². The molecular weight excluding hydrogens is 229 g/mol. The molecule has 1 aromatic rings. The van der Waals surface area contributed by atoms with Crippen molar-refractivity contribution in [1.82, 2.24) is 0 Å². The molecule has 100 valence electrons. The molecule has 0 spiro atoms. The summed E-state index contributed by atoms with van der Waals surface area (Å²) in [6.45, 7) is 11.1. The van der Waals surface area contributed by atoms with Crippen molar-refractivity contribution in [2.75, 3.05) is 0 Å². The van der Waals surface area contributed by atoms with Gasteiger partial charge in [0.25, 0.3) is 0 Å². The van der Waals surface area contributed by atoms with E-state index in [2.05, 4.69) is 0 Å². The van der Waals surface area contributed by atoms with Crippen LogP contribution < -0.4 is 0 Å². The number of halogens is 3. The number of hydrogen-bond donors (Lipinski definition) is 1. The smallest absolute Gasteiger partial charge is 0.416 e. The second kappa shape index (κ2) is 7.98. The van der Waals surface area contributed by atoms with Gasteiger partial charge >= 0.3 is 6.18 Å². The first-order chi connectivity index (χ1) is 7.82. The number of phenols is 1. The van der Waals surface area contributed by atoms with E-state index >= 15 is 0 Å². The minimum absolute atomic E-state index is 0.313. The van der Waals surface area contributed by atoms with Crippen molar-refractivity contribution in [2.45, 2.75) is 47.7 Å². The summed E-state index contributed by atoms with van der Waals surface area (Å²) in [4.78, 5) is 0. The highest BCUT2D eigenvalue weighted by Crippen LogP contribution is 2.33. The summed E-state index contributed by atoms with van der Waals surface area (Å²) >= 11 is 0. The maximum absolute atomic E-state index is 12.2. The lowest BCUT2D eigenvalue weighted by Crippen LogP contribution is -2.05. The lowest BCUT2D eigenvalue weighted by atomic mass is 10.0. The standard InChI is InChI=1S/C9H9F3O.2C2H6/c1-5-3-7(9(10,11)12)4-8(13)6(5)2;2*1-2/h3-4,13H,1-2H3;2*1-2H3. The van der Waals surface area contributed by atoms with Gasteiger partial charge in [0.15, 0.2) is 0 Å². The zero-order valence-corrected chi connectivity index (χ0v) is 11.2. The normalized spacial score (nSPS) is 9.71. The van der Waals surface area contributed by atoms with Gasteiger partial charge in [0.2, 0.25) is 0 Å². The van der Waals surface area contributed by atoms with Gasteiger partial charge in [-0.05, 0) is 37.1 Å². The molecule has 0 aromatic heterocycles. The fourth-order valence-electron chi connectivity index (χ4n) is 1.00. The second-order valence-corrected chi connectivity index (χ2v) is 2.94. The van der Waals surface area contributed by atoms with Gasteiger partial charge in [-0.3, -0.25) is 0 Å². The molecular formula is C13H21F3O. The molecule has 4 heteroatoms. The molecule has 0 radical (unpaired) electrons. The third-order valence-corrected chi connectivity index (χ3v) is 1.97. The van der Waals surface area contributed by atoms with Crippen molar-refractivity contribution in [3.05, 3.63) is 28.8 Å². The number of alkyl halides is 3. The van der Waals surface area contributed by atoms with Crippen molar-refractivity contribution in [2.24, 2.45) is 0 Å². The minimum atomic E-state index is -4.39. The molecule has 0 saturated heterocycles. The molecule has 17 heavy (non-hydrogen) atoms. The zero-order chi connectivity index (χ0) is 14.2. The van der Waals surface area contributed by atoms with E-state index in [4.69, 9.17) is 5.11 Å². The summed E-state index contributed by atoms with van der Waals surface area (Å²) in [6, 6.07) is 1.76. The molecule has 0 heterocycles. The van der Waals surface area contributed by atoms with Crippen molar-refractivity contribution in [3.63, 3.8) is 0 Å². The molecule has 1 nitrogen and oxygen atoms in total. The molecule has 0 amide bonds. The molecule has 0 aliphatic rings. The van der Waals surface area contributed by atoms with Crippen LogP contribution in [0.3, 0.4) is 0 Å². The monoisotopic (exact) mass is 250 g/mol. The van der Waals surface area contributed by atoms with Gasteiger partial charge in [-0.25, -0.2) is 0 Å². The molecule has 1 rings (SSSR count). The van der Waals surface area contributed by atoms with Gasteiger partial charge in [0, 0.05) is 0 Å². The Balaban J connectivity index is 0. The van der Waals surface area contributed by atoms with Crippen molar-refractivity contribution >= 4 is 0 Å². The Labute approximate surface area is 101 Å².